The van der Waals surface area contributed by atoms with Crippen LogP contribution in [-0.2, 0) is 14.3 Å². The first kappa shape index (κ1) is 18.7. The Morgan fingerprint density at radius 2 is 1.80 bits per heavy atom. The van der Waals surface area contributed by atoms with E-state index < -0.39 is 0 Å². The Morgan fingerprint density at radius 1 is 1.12 bits per heavy atom. The first-order valence-corrected chi connectivity index (χ1v) is 10.1. The number of piperidine rings is 2. The number of rotatable bonds is 4. The van der Waals surface area contributed by atoms with E-state index in [0.29, 0.717) is 25.0 Å². The number of amides is 2. The lowest BCUT2D eigenvalue weighted by molar-refractivity contribution is -0.154. The van der Waals surface area contributed by atoms with Crippen molar-refractivity contribution < 1.29 is 14.3 Å². The maximum absolute atomic E-state index is 13.0. The molecule has 3 rings (SSSR count). The minimum Gasteiger partial charge on any atom is -0.383 e. The molecule has 0 aromatic carbocycles. The number of ether oxygens (including phenoxy) is 1. The lowest BCUT2D eigenvalue weighted by Gasteiger charge is -2.47. The van der Waals surface area contributed by atoms with Crippen molar-refractivity contribution in [2.45, 2.75) is 58.3 Å². The monoisotopic (exact) mass is 350 g/mol. The van der Waals surface area contributed by atoms with Crippen molar-refractivity contribution in [3.8, 4) is 0 Å². The standard InChI is InChI=1S/C20H34N2O3/c1-16-4-6-17(7-5-16)18(23)21-12-9-20(10-13-21)8-3-11-22(19(20)24)14-15-25-2/h16-17H,3-15H2,1-2H3. The van der Waals surface area contributed by atoms with Crippen LogP contribution in [0.4, 0.5) is 0 Å². The van der Waals surface area contributed by atoms with E-state index in [-0.39, 0.29) is 11.3 Å². The predicted octanol–water partition coefficient (Wildman–Crippen LogP) is 2.69. The van der Waals surface area contributed by atoms with Gasteiger partial charge in [0.05, 0.1) is 12.0 Å². The molecule has 0 atom stereocenters. The zero-order chi connectivity index (χ0) is 17.9. The van der Waals surface area contributed by atoms with Crippen LogP contribution >= 0.6 is 0 Å². The Hall–Kier alpha value is -1.10. The fraction of sp³-hybridized carbons (Fsp3) is 0.900. The highest BCUT2D eigenvalue weighted by Gasteiger charge is 2.46. The summed E-state index contributed by atoms with van der Waals surface area (Å²) in [5.74, 6) is 1.65. The normalized spacial score (nSPS) is 29.9. The minimum absolute atomic E-state index is 0.218. The summed E-state index contributed by atoms with van der Waals surface area (Å²) in [7, 11) is 1.68. The van der Waals surface area contributed by atoms with E-state index >= 15 is 0 Å². The van der Waals surface area contributed by atoms with Gasteiger partial charge in [-0.1, -0.05) is 6.92 Å². The fourth-order valence-electron chi connectivity index (χ4n) is 4.95. The summed E-state index contributed by atoms with van der Waals surface area (Å²) in [4.78, 5) is 29.8. The summed E-state index contributed by atoms with van der Waals surface area (Å²) in [6.07, 6.45) is 8.19. The number of hydrogen-bond acceptors (Lipinski definition) is 3. The second kappa shape index (κ2) is 8.07. The summed E-state index contributed by atoms with van der Waals surface area (Å²) in [6, 6.07) is 0. The maximum atomic E-state index is 13.0. The van der Waals surface area contributed by atoms with Gasteiger partial charge in [0, 0.05) is 39.2 Å². The van der Waals surface area contributed by atoms with E-state index in [2.05, 4.69) is 6.92 Å². The van der Waals surface area contributed by atoms with Crippen LogP contribution in [0.25, 0.3) is 0 Å². The molecule has 1 saturated carbocycles. The fourth-order valence-corrected chi connectivity index (χ4v) is 4.95. The molecule has 2 saturated heterocycles. The van der Waals surface area contributed by atoms with Crippen molar-refractivity contribution in [1.29, 1.82) is 0 Å². The first-order valence-electron chi connectivity index (χ1n) is 10.1. The van der Waals surface area contributed by atoms with Gasteiger partial charge in [0.15, 0.2) is 0 Å². The zero-order valence-corrected chi connectivity index (χ0v) is 16.0. The van der Waals surface area contributed by atoms with Gasteiger partial charge < -0.3 is 14.5 Å². The smallest absolute Gasteiger partial charge is 0.229 e. The number of methoxy groups -OCH3 is 1. The third kappa shape index (κ3) is 4.02. The summed E-state index contributed by atoms with van der Waals surface area (Å²) < 4.78 is 5.15. The van der Waals surface area contributed by atoms with Crippen molar-refractivity contribution in [2.75, 3.05) is 39.9 Å². The molecule has 142 valence electrons. The van der Waals surface area contributed by atoms with Gasteiger partial charge in [-0.3, -0.25) is 9.59 Å². The van der Waals surface area contributed by atoms with Gasteiger partial charge in [0.2, 0.25) is 11.8 Å². The molecule has 5 nitrogen and oxygen atoms in total. The van der Waals surface area contributed by atoms with Crippen LogP contribution in [-0.4, -0.2) is 61.5 Å². The summed E-state index contributed by atoms with van der Waals surface area (Å²) in [5.41, 5.74) is -0.218. The lowest BCUT2D eigenvalue weighted by Crippen LogP contribution is -2.55. The van der Waals surface area contributed by atoms with Gasteiger partial charge in [0.1, 0.15) is 0 Å². The molecule has 2 amide bonds. The maximum Gasteiger partial charge on any atom is 0.229 e. The molecule has 0 unspecified atom stereocenters. The van der Waals surface area contributed by atoms with E-state index in [1.165, 1.54) is 12.8 Å². The van der Waals surface area contributed by atoms with Crippen molar-refractivity contribution in [1.82, 2.24) is 9.80 Å². The molecule has 2 heterocycles. The Balaban J connectivity index is 1.55. The molecule has 0 radical (unpaired) electrons. The quantitative estimate of drug-likeness (QED) is 0.783. The number of hydrogen-bond donors (Lipinski definition) is 0. The van der Waals surface area contributed by atoms with E-state index in [1.807, 2.05) is 9.80 Å². The van der Waals surface area contributed by atoms with Gasteiger partial charge in [-0.2, -0.15) is 0 Å². The third-order valence-electron chi connectivity index (χ3n) is 6.79. The van der Waals surface area contributed by atoms with E-state index in [0.717, 1.165) is 64.1 Å². The number of carbonyl (C=O) groups is 2. The second-order valence-electron chi connectivity index (χ2n) is 8.45. The summed E-state index contributed by atoms with van der Waals surface area (Å²) in [5, 5.41) is 0. The number of nitrogens with zero attached hydrogens (tertiary/aromatic N) is 2. The predicted molar refractivity (Wildman–Crippen MR) is 97.1 cm³/mol. The van der Waals surface area contributed by atoms with Crippen LogP contribution < -0.4 is 0 Å². The third-order valence-corrected chi connectivity index (χ3v) is 6.79. The second-order valence-corrected chi connectivity index (χ2v) is 8.45. The zero-order valence-electron chi connectivity index (χ0n) is 16.0. The van der Waals surface area contributed by atoms with Crippen LogP contribution in [0.15, 0.2) is 0 Å². The Morgan fingerprint density at radius 3 is 2.44 bits per heavy atom. The van der Waals surface area contributed by atoms with E-state index in [9.17, 15) is 9.59 Å². The molecule has 0 aromatic rings. The summed E-state index contributed by atoms with van der Waals surface area (Å²) in [6.45, 7) is 5.96. The molecule has 1 aliphatic carbocycles. The van der Waals surface area contributed by atoms with Crippen LogP contribution in [0.2, 0.25) is 0 Å². The Bertz CT molecular complexity index is 477. The highest BCUT2D eigenvalue weighted by molar-refractivity contribution is 5.84. The molecule has 1 spiro atoms. The van der Waals surface area contributed by atoms with E-state index in [4.69, 9.17) is 4.74 Å². The van der Waals surface area contributed by atoms with E-state index in [1.54, 1.807) is 7.11 Å². The van der Waals surface area contributed by atoms with Crippen LogP contribution in [0.5, 0.6) is 0 Å². The van der Waals surface area contributed by atoms with Crippen LogP contribution in [0, 0.1) is 17.3 Å². The lowest BCUT2D eigenvalue weighted by atomic mass is 9.71. The first-order chi connectivity index (χ1) is 12.1. The molecule has 2 aliphatic heterocycles. The molecule has 25 heavy (non-hydrogen) atoms. The van der Waals surface area contributed by atoms with Gasteiger partial charge >= 0.3 is 0 Å². The molecule has 3 fully saturated rings. The van der Waals surface area contributed by atoms with Crippen molar-refractivity contribution >= 4 is 11.8 Å². The van der Waals surface area contributed by atoms with Gasteiger partial charge in [0.25, 0.3) is 0 Å². The number of carbonyl (C=O) groups excluding carboxylic acids is 2. The van der Waals surface area contributed by atoms with Crippen molar-refractivity contribution in [2.24, 2.45) is 17.3 Å². The highest BCUT2D eigenvalue weighted by Crippen LogP contribution is 2.41. The molecule has 3 aliphatic rings. The average Bonchev–Trinajstić information content (AvgIpc) is 2.64. The highest BCUT2D eigenvalue weighted by atomic mass is 16.5. The molecule has 0 aromatic heterocycles. The van der Waals surface area contributed by atoms with Crippen molar-refractivity contribution in [3.05, 3.63) is 0 Å². The Kier molecular flexibility index (Phi) is 6.03. The van der Waals surface area contributed by atoms with Crippen molar-refractivity contribution in [3.63, 3.8) is 0 Å². The average molecular weight is 351 g/mol. The SMILES string of the molecule is COCCN1CCCC2(CCN(C(=O)C3CCC(C)CC3)CC2)C1=O. The topological polar surface area (TPSA) is 49.9 Å². The molecule has 5 heteroatoms. The molecule has 0 N–H and O–H groups in total. The largest absolute Gasteiger partial charge is 0.383 e. The molecule has 0 bridgehead atoms. The van der Waals surface area contributed by atoms with Crippen LogP contribution in [0.3, 0.4) is 0 Å². The Labute approximate surface area is 152 Å². The van der Waals surface area contributed by atoms with Gasteiger partial charge in [-0.15, -0.1) is 0 Å². The summed E-state index contributed by atoms with van der Waals surface area (Å²) >= 11 is 0. The molecular weight excluding hydrogens is 316 g/mol. The van der Waals surface area contributed by atoms with Crippen LogP contribution in [0.1, 0.15) is 58.3 Å². The number of likely N-dealkylation sites (tertiary alicyclic amines) is 2. The van der Waals surface area contributed by atoms with Gasteiger partial charge in [-0.25, -0.2) is 0 Å². The van der Waals surface area contributed by atoms with Gasteiger partial charge in [-0.05, 0) is 57.3 Å². The molecular formula is C20H34N2O3. The minimum atomic E-state index is -0.218.